The van der Waals surface area contributed by atoms with Gasteiger partial charge in [0.05, 0.1) is 11.4 Å². The lowest BCUT2D eigenvalue weighted by Crippen LogP contribution is -2.54. The summed E-state index contributed by atoms with van der Waals surface area (Å²) in [5, 5.41) is 4.33. The van der Waals surface area contributed by atoms with Crippen molar-refractivity contribution in [3.63, 3.8) is 0 Å². The number of fused-ring (bicyclic) bond motifs is 1. The molecule has 7 nitrogen and oxygen atoms in total. The van der Waals surface area contributed by atoms with Gasteiger partial charge in [0.2, 0.25) is 0 Å². The Morgan fingerprint density at radius 2 is 2.04 bits per heavy atom. The first kappa shape index (κ1) is 16.7. The van der Waals surface area contributed by atoms with Crippen LogP contribution >= 0.6 is 11.6 Å². The molecule has 3 N–H and O–H groups in total. The first-order valence-corrected chi connectivity index (χ1v) is 8.86. The standard InChI is InChI=1S/C18H19ClN6O/c1-2-21-18(26)24-7-13(8-24)25-9-14(11-3-5-12(19)6-4-11)15-16(20)22-10-23-17(15)25/h3-6,9-10,13H,2,7-8H2,1H3,(H,21,26)(H2,20,22,23). The second-order valence-electron chi connectivity index (χ2n) is 6.31. The van der Waals surface area contributed by atoms with Crippen LogP contribution in [0.15, 0.2) is 36.8 Å². The summed E-state index contributed by atoms with van der Waals surface area (Å²) in [5.74, 6) is 0.443. The van der Waals surface area contributed by atoms with Crippen molar-refractivity contribution >= 4 is 34.5 Å². The van der Waals surface area contributed by atoms with Gasteiger partial charge in [0.15, 0.2) is 0 Å². The Morgan fingerprint density at radius 1 is 1.31 bits per heavy atom. The van der Waals surface area contributed by atoms with E-state index in [2.05, 4.69) is 19.9 Å². The van der Waals surface area contributed by atoms with Crippen molar-refractivity contribution in [3.05, 3.63) is 41.8 Å². The third-order valence-electron chi connectivity index (χ3n) is 4.66. The van der Waals surface area contributed by atoms with E-state index in [9.17, 15) is 4.79 Å². The van der Waals surface area contributed by atoms with Crippen LogP contribution in [0.3, 0.4) is 0 Å². The molecule has 3 aromatic rings. The predicted molar refractivity (Wildman–Crippen MR) is 102 cm³/mol. The average molecular weight is 371 g/mol. The number of nitrogens with zero attached hydrogens (tertiary/aromatic N) is 4. The van der Waals surface area contributed by atoms with E-state index in [4.69, 9.17) is 17.3 Å². The smallest absolute Gasteiger partial charge is 0.317 e. The van der Waals surface area contributed by atoms with E-state index in [1.54, 1.807) is 4.90 Å². The van der Waals surface area contributed by atoms with Gasteiger partial charge in [-0.1, -0.05) is 23.7 Å². The van der Waals surface area contributed by atoms with Gasteiger partial charge in [0.25, 0.3) is 0 Å². The summed E-state index contributed by atoms with van der Waals surface area (Å²) >= 11 is 6.01. The van der Waals surface area contributed by atoms with Gasteiger partial charge in [-0.2, -0.15) is 0 Å². The molecule has 2 amide bonds. The first-order chi connectivity index (χ1) is 12.6. The van der Waals surface area contributed by atoms with Gasteiger partial charge >= 0.3 is 6.03 Å². The summed E-state index contributed by atoms with van der Waals surface area (Å²) in [6.07, 6.45) is 3.51. The molecule has 0 saturated carbocycles. The summed E-state index contributed by atoms with van der Waals surface area (Å²) in [4.78, 5) is 22.3. The Bertz CT molecular complexity index is 962. The van der Waals surface area contributed by atoms with Crippen LogP contribution in [0.5, 0.6) is 0 Å². The first-order valence-electron chi connectivity index (χ1n) is 8.48. The highest BCUT2D eigenvalue weighted by Gasteiger charge is 2.33. The third kappa shape index (κ3) is 2.74. The van der Waals surface area contributed by atoms with Crippen molar-refractivity contribution in [2.45, 2.75) is 13.0 Å². The van der Waals surface area contributed by atoms with Gasteiger partial charge in [-0.05, 0) is 24.6 Å². The molecule has 26 heavy (non-hydrogen) atoms. The van der Waals surface area contributed by atoms with Crippen molar-refractivity contribution in [3.8, 4) is 11.1 Å². The number of urea groups is 1. The number of likely N-dealkylation sites (tertiary alicyclic amines) is 1. The number of amides is 2. The molecule has 0 unspecified atom stereocenters. The fraction of sp³-hybridized carbons (Fsp3) is 0.278. The third-order valence-corrected chi connectivity index (χ3v) is 4.92. The normalized spacial score (nSPS) is 14.5. The summed E-state index contributed by atoms with van der Waals surface area (Å²) in [6.45, 7) is 3.81. The molecule has 0 bridgehead atoms. The molecule has 0 spiro atoms. The van der Waals surface area contributed by atoms with Crippen molar-refractivity contribution in [1.29, 1.82) is 0 Å². The maximum absolute atomic E-state index is 11.9. The number of aromatic nitrogens is 3. The molecule has 1 saturated heterocycles. The Labute approximate surface area is 155 Å². The Morgan fingerprint density at radius 3 is 2.73 bits per heavy atom. The Hall–Kier alpha value is -2.80. The van der Waals surface area contributed by atoms with E-state index < -0.39 is 0 Å². The highest BCUT2D eigenvalue weighted by molar-refractivity contribution is 6.30. The second-order valence-corrected chi connectivity index (χ2v) is 6.75. The minimum Gasteiger partial charge on any atom is -0.383 e. The monoisotopic (exact) mass is 370 g/mol. The van der Waals surface area contributed by atoms with Crippen molar-refractivity contribution in [1.82, 2.24) is 24.8 Å². The van der Waals surface area contributed by atoms with Crippen LogP contribution in [-0.2, 0) is 0 Å². The van der Waals surface area contributed by atoms with E-state index >= 15 is 0 Å². The van der Waals surface area contributed by atoms with Crippen LogP contribution in [0.4, 0.5) is 10.6 Å². The molecule has 134 valence electrons. The summed E-state index contributed by atoms with van der Waals surface area (Å²) in [5.41, 5.74) is 8.89. The maximum Gasteiger partial charge on any atom is 0.317 e. The number of nitrogens with one attached hydrogen (secondary N) is 1. The summed E-state index contributed by atoms with van der Waals surface area (Å²) in [7, 11) is 0. The topological polar surface area (TPSA) is 89.1 Å². The fourth-order valence-corrected chi connectivity index (χ4v) is 3.42. The zero-order chi connectivity index (χ0) is 18.3. The van der Waals surface area contributed by atoms with Crippen molar-refractivity contribution in [2.24, 2.45) is 0 Å². The number of carbonyl (C=O) groups is 1. The van der Waals surface area contributed by atoms with E-state index in [-0.39, 0.29) is 12.1 Å². The average Bonchev–Trinajstić information content (AvgIpc) is 2.95. The minimum atomic E-state index is -0.0349. The van der Waals surface area contributed by atoms with Crippen LogP contribution in [0.2, 0.25) is 5.02 Å². The number of hydrogen-bond donors (Lipinski definition) is 2. The summed E-state index contributed by atoms with van der Waals surface area (Å²) in [6, 6.07) is 7.73. The number of halogens is 1. The lowest BCUT2D eigenvalue weighted by atomic mass is 10.1. The van der Waals surface area contributed by atoms with Crippen LogP contribution in [0.25, 0.3) is 22.2 Å². The zero-order valence-electron chi connectivity index (χ0n) is 14.3. The van der Waals surface area contributed by atoms with Gasteiger partial charge in [-0.3, -0.25) is 0 Å². The van der Waals surface area contributed by atoms with Crippen LogP contribution < -0.4 is 11.1 Å². The molecule has 0 atom stereocenters. The number of nitrogen functional groups attached to an aromatic ring is 1. The fourth-order valence-electron chi connectivity index (χ4n) is 3.30. The quantitative estimate of drug-likeness (QED) is 0.741. The molecule has 0 radical (unpaired) electrons. The molecule has 3 heterocycles. The molecule has 8 heteroatoms. The van der Waals surface area contributed by atoms with Crippen molar-refractivity contribution in [2.75, 3.05) is 25.4 Å². The van der Waals surface area contributed by atoms with Gasteiger partial charge < -0.3 is 20.5 Å². The van der Waals surface area contributed by atoms with Crippen LogP contribution in [0.1, 0.15) is 13.0 Å². The van der Waals surface area contributed by atoms with E-state index in [1.807, 2.05) is 37.4 Å². The SMILES string of the molecule is CCNC(=O)N1CC(n2cc(-c3ccc(Cl)cc3)c3c(N)ncnc32)C1. The van der Waals surface area contributed by atoms with E-state index in [0.717, 1.165) is 22.2 Å². The predicted octanol–water partition coefficient (Wildman–Crippen LogP) is 2.92. The van der Waals surface area contributed by atoms with Gasteiger partial charge in [0.1, 0.15) is 17.8 Å². The molecule has 2 aromatic heterocycles. The molecule has 1 fully saturated rings. The number of rotatable bonds is 3. The van der Waals surface area contributed by atoms with E-state index in [1.165, 1.54) is 6.33 Å². The number of benzene rings is 1. The number of anilines is 1. The molecular weight excluding hydrogens is 352 g/mol. The van der Waals surface area contributed by atoms with E-state index in [0.29, 0.717) is 30.5 Å². The lowest BCUT2D eigenvalue weighted by Gasteiger charge is -2.39. The Kier molecular flexibility index (Phi) is 4.16. The molecule has 1 aromatic carbocycles. The second kappa shape index (κ2) is 6.49. The number of hydrogen-bond acceptors (Lipinski definition) is 4. The molecule has 1 aliphatic heterocycles. The largest absolute Gasteiger partial charge is 0.383 e. The van der Waals surface area contributed by atoms with Crippen LogP contribution in [-0.4, -0.2) is 45.1 Å². The Balaban J connectivity index is 1.72. The highest BCUT2D eigenvalue weighted by atomic mass is 35.5. The van der Waals surface area contributed by atoms with Gasteiger partial charge in [-0.25, -0.2) is 14.8 Å². The molecular formula is C18H19ClN6O. The zero-order valence-corrected chi connectivity index (χ0v) is 15.1. The highest BCUT2D eigenvalue weighted by Crippen LogP contribution is 2.36. The lowest BCUT2D eigenvalue weighted by molar-refractivity contribution is 0.127. The van der Waals surface area contributed by atoms with Crippen molar-refractivity contribution < 1.29 is 4.79 Å². The number of nitrogens with two attached hydrogens (primary N) is 1. The van der Waals surface area contributed by atoms with Crippen LogP contribution in [0, 0.1) is 0 Å². The molecule has 0 aliphatic carbocycles. The maximum atomic E-state index is 11.9. The van der Waals surface area contributed by atoms with Gasteiger partial charge in [0, 0.05) is 36.4 Å². The molecule has 4 rings (SSSR count). The number of carbonyl (C=O) groups excluding carboxylic acids is 1. The minimum absolute atomic E-state index is 0.0349. The summed E-state index contributed by atoms with van der Waals surface area (Å²) < 4.78 is 2.09. The molecule has 1 aliphatic rings. The van der Waals surface area contributed by atoms with Gasteiger partial charge in [-0.15, -0.1) is 0 Å².